The third-order valence-electron chi connectivity index (χ3n) is 4.10. The van der Waals surface area contributed by atoms with Crippen molar-refractivity contribution in [3.8, 4) is 0 Å². The van der Waals surface area contributed by atoms with E-state index in [1.54, 1.807) is 0 Å². The molecule has 120 valence electrons. The Morgan fingerprint density at radius 1 is 1.48 bits per heavy atom. The highest BCUT2D eigenvalue weighted by atomic mass is 79.9. The van der Waals surface area contributed by atoms with Crippen LogP contribution in [-0.4, -0.2) is 29.0 Å². The van der Waals surface area contributed by atoms with Crippen LogP contribution in [-0.2, 0) is 11.3 Å². The number of nitrogens with zero attached hydrogens (tertiary/aromatic N) is 2. The highest BCUT2D eigenvalue weighted by Gasteiger charge is 2.22. The van der Waals surface area contributed by atoms with Crippen LogP contribution in [0, 0.1) is 0 Å². The second-order valence-electron chi connectivity index (χ2n) is 5.78. The fourth-order valence-electron chi connectivity index (χ4n) is 3.08. The molecule has 2 atom stereocenters. The molecule has 0 radical (unpaired) electrons. The van der Waals surface area contributed by atoms with Crippen LogP contribution < -0.4 is 5.32 Å². The zero-order valence-corrected chi connectivity index (χ0v) is 14.9. The van der Waals surface area contributed by atoms with Crippen LogP contribution in [0.4, 0.5) is 0 Å². The summed E-state index contributed by atoms with van der Waals surface area (Å²) in [6.07, 6.45) is 9.46. The minimum Gasteiger partial charge on any atom is -0.378 e. The van der Waals surface area contributed by atoms with E-state index in [1.807, 2.05) is 6.20 Å². The minimum atomic E-state index is 0.351. The highest BCUT2D eigenvalue weighted by molar-refractivity contribution is 9.10. The molecule has 4 nitrogen and oxygen atoms in total. The van der Waals surface area contributed by atoms with Crippen LogP contribution >= 0.6 is 15.9 Å². The van der Waals surface area contributed by atoms with Gasteiger partial charge < -0.3 is 10.1 Å². The van der Waals surface area contributed by atoms with Crippen molar-refractivity contribution in [2.75, 3.05) is 13.2 Å². The second kappa shape index (κ2) is 8.91. The Kier molecular flexibility index (Phi) is 7.20. The molecule has 0 aromatic carbocycles. The Morgan fingerprint density at radius 2 is 2.33 bits per heavy atom. The summed E-state index contributed by atoms with van der Waals surface area (Å²) >= 11 is 3.67. The van der Waals surface area contributed by atoms with Gasteiger partial charge in [-0.15, -0.1) is 0 Å². The lowest BCUT2D eigenvalue weighted by Crippen LogP contribution is -2.27. The summed E-state index contributed by atoms with van der Waals surface area (Å²) in [6.45, 7) is 7.24. The maximum atomic E-state index is 5.87. The maximum Gasteiger partial charge on any atom is 0.0695 e. The second-order valence-corrected chi connectivity index (χ2v) is 6.63. The summed E-state index contributed by atoms with van der Waals surface area (Å²) in [5, 5.41) is 8.12. The molecule has 1 aromatic heterocycles. The van der Waals surface area contributed by atoms with Crippen molar-refractivity contribution in [1.82, 2.24) is 15.1 Å². The smallest absolute Gasteiger partial charge is 0.0695 e. The van der Waals surface area contributed by atoms with Crippen LogP contribution in [0.1, 0.15) is 64.1 Å². The Morgan fingerprint density at radius 3 is 3.00 bits per heavy atom. The van der Waals surface area contributed by atoms with Gasteiger partial charge in [-0.1, -0.05) is 13.8 Å². The van der Waals surface area contributed by atoms with Crippen molar-refractivity contribution >= 4 is 15.9 Å². The van der Waals surface area contributed by atoms with Gasteiger partial charge in [0.05, 0.1) is 28.5 Å². The molecule has 1 fully saturated rings. The lowest BCUT2D eigenvalue weighted by atomic mass is 10.00. The average molecular weight is 358 g/mol. The van der Waals surface area contributed by atoms with Crippen molar-refractivity contribution in [3.05, 3.63) is 16.4 Å². The normalized spacial score (nSPS) is 20.6. The van der Waals surface area contributed by atoms with Crippen molar-refractivity contribution in [1.29, 1.82) is 0 Å². The van der Waals surface area contributed by atoms with E-state index in [1.165, 1.54) is 25.0 Å². The molecule has 0 amide bonds. The summed E-state index contributed by atoms with van der Waals surface area (Å²) in [4.78, 5) is 0. The predicted octanol–water partition coefficient (Wildman–Crippen LogP) is 4.06. The largest absolute Gasteiger partial charge is 0.378 e. The Labute approximate surface area is 136 Å². The van der Waals surface area contributed by atoms with Crippen molar-refractivity contribution in [2.24, 2.45) is 0 Å². The summed E-state index contributed by atoms with van der Waals surface area (Å²) in [7, 11) is 0. The Bertz CT molecular complexity index is 416. The summed E-state index contributed by atoms with van der Waals surface area (Å²) in [6, 6.07) is 0.351. The van der Waals surface area contributed by atoms with Gasteiger partial charge in [0.1, 0.15) is 0 Å². The molecular formula is C16H28BrN3O. The zero-order chi connectivity index (χ0) is 15.1. The third kappa shape index (κ3) is 4.80. The molecule has 0 bridgehead atoms. The summed E-state index contributed by atoms with van der Waals surface area (Å²) in [5.74, 6) is 0. The van der Waals surface area contributed by atoms with Gasteiger partial charge in [0, 0.05) is 13.2 Å². The predicted molar refractivity (Wildman–Crippen MR) is 89.5 cm³/mol. The molecule has 1 N–H and O–H groups in total. The molecule has 0 saturated carbocycles. The van der Waals surface area contributed by atoms with E-state index in [0.29, 0.717) is 12.1 Å². The van der Waals surface area contributed by atoms with Crippen LogP contribution in [0.15, 0.2) is 10.7 Å². The van der Waals surface area contributed by atoms with Gasteiger partial charge in [-0.3, -0.25) is 4.68 Å². The van der Waals surface area contributed by atoms with E-state index in [4.69, 9.17) is 4.74 Å². The molecule has 0 aliphatic carbocycles. The monoisotopic (exact) mass is 357 g/mol. The van der Waals surface area contributed by atoms with E-state index in [2.05, 4.69) is 44.9 Å². The van der Waals surface area contributed by atoms with Crippen LogP contribution in [0.25, 0.3) is 0 Å². The topological polar surface area (TPSA) is 39.1 Å². The number of halogens is 1. The van der Waals surface area contributed by atoms with Gasteiger partial charge in [0.25, 0.3) is 0 Å². The molecule has 5 heteroatoms. The first kappa shape index (κ1) is 17.0. The summed E-state index contributed by atoms with van der Waals surface area (Å²) in [5.41, 5.74) is 1.29. The maximum absolute atomic E-state index is 5.87. The van der Waals surface area contributed by atoms with Gasteiger partial charge in [-0.05, 0) is 61.0 Å². The van der Waals surface area contributed by atoms with E-state index in [9.17, 15) is 0 Å². The fourth-order valence-corrected chi connectivity index (χ4v) is 3.65. The fraction of sp³-hybridized carbons (Fsp3) is 0.812. The molecule has 1 aromatic rings. The van der Waals surface area contributed by atoms with Crippen LogP contribution in [0.2, 0.25) is 0 Å². The standard InChI is InChI=1S/C16H28BrN3O/c1-3-10-20-16(14(17)12-19-20)15(18-4-2)9-8-13-7-5-6-11-21-13/h12-13,15,18H,3-11H2,1-2H3. The Balaban J connectivity index is 2.01. The number of rotatable bonds is 8. The summed E-state index contributed by atoms with van der Waals surface area (Å²) < 4.78 is 9.13. The van der Waals surface area contributed by atoms with E-state index in [0.717, 1.165) is 43.4 Å². The van der Waals surface area contributed by atoms with Gasteiger partial charge in [0.2, 0.25) is 0 Å². The lowest BCUT2D eigenvalue weighted by Gasteiger charge is -2.26. The van der Waals surface area contributed by atoms with Crippen LogP contribution in [0.5, 0.6) is 0 Å². The first-order valence-electron chi connectivity index (χ1n) is 8.32. The van der Waals surface area contributed by atoms with Gasteiger partial charge in [-0.2, -0.15) is 5.10 Å². The van der Waals surface area contributed by atoms with Crippen molar-refractivity contribution in [3.63, 3.8) is 0 Å². The Hall–Kier alpha value is -0.390. The van der Waals surface area contributed by atoms with Crippen molar-refractivity contribution in [2.45, 2.75) is 71.1 Å². The average Bonchev–Trinajstić information content (AvgIpc) is 2.86. The van der Waals surface area contributed by atoms with Gasteiger partial charge in [0.15, 0.2) is 0 Å². The van der Waals surface area contributed by atoms with Gasteiger partial charge >= 0.3 is 0 Å². The van der Waals surface area contributed by atoms with Crippen LogP contribution in [0.3, 0.4) is 0 Å². The molecule has 21 heavy (non-hydrogen) atoms. The van der Waals surface area contributed by atoms with E-state index in [-0.39, 0.29) is 0 Å². The van der Waals surface area contributed by atoms with Crippen molar-refractivity contribution < 1.29 is 4.74 Å². The SMILES string of the molecule is CCCn1ncc(Br)c1C(CCC1CCCCO1)NCC. The molecule has 2 heterocycles. The number of ether oxygens (including phenoxy) is 1. The molecule has 2 rings (SSSR count). The first-order valence-corrected chi connectivity index (χ1v) is 9.11. The minimum absolute atomic E-state index is 0.351. The lowest BCUT2D eigenvalue weighted by molar-refractivity contribution is 0.00841. The molecule has 2 unspecified atom stereocenters. The first-order chi connectivity index (χ1) is 10.3. The molecule has 1 aliphatic rings. The highest BCUT2D eigenvalue weighted by Crippen LogP contribution is 2.29. The number of aromatic nitrogens is 2. The van der Waals surface area contributed by atoms with Gasteiger partial charge in [-0.25, -0.2) is 0 Å². The molecular weight excluding hydrogens is 330 g/mol. The molecule has 1 saturated heterocycles. The zero-order valence-electron chi connectivity index (χ0n) is 13.3. The number of aryl methyl sites for hydroxylation is 1. The number of nitrogens with one attached hydrogen (secondary N) is 1. The molecule has 0 spiro atoms. The third-order valence-corrected chi connectivity index (χ3v) is 4.71. The number of hydrogen-bond donors (Lipinski definition) is 1. The molecule has 1 aliphatic heterocycles. The van der Waals surface area contributed by atoms with E-state index >= 15 is 0 Å². The quantitative estimate of drug-likeness (QED) is 0.762. The number of hydrogen-bond acceptors (Lipinski definition) is 3. The van der Waals surface area contributed by atoms with E-state index < -0.39 is 0 Å².